The summed E-state index contributed by atoms with van der Waals surface area (Å²) >= 11 is 0. The Bertz CT molecular complexity index is 606. The van der Waals surface area contributed by atoms with Crippen LogP contribution in [0.25, 0.3) is 10.9 Å². The number of unbranched alkanes of at least 4 members (excludes halogenated alkanes) is 1. The molecule has 0 aliphatic rings. The topological polar surface area (TPSA) is 75.3 Å². The minimum atomic E-state index is 0.564. The monoisotopic (exact) mass is 271 g/mol. The zero-order valence-corrected chi connectivity index (χ0v) is 12.0. The number of aliphatic imine (C=N–C) groups is 1. The van der Waals surface area contributed by atoms with Crippen molar-refractivity contribution in [1.29, 1.82) is 0 Å². The molecular formula is C15H21N5. The van der Waals surface area contributed by atoms with Crippen molar-refractivity contribution in [3.05, 3.63) is 36.0 Å². The molecule has 0 atom stereocenters. The van der Waals surface area contributed by atoms with Crippen molar-refractivity contribution >= 4 is 22.5 Å². The van der Waals surface area contributed by atoms with Gasteiger partial charge in [-0.1, -0.05) is 31.5 Å². The van der Waals surface area contributed by atoms with E-state index < -0.39 is 0 Å². The highest BCUT2D eigenvalue weighted by molar-refractivity contribution is 6.01. The molecule has 0 bridgehead atoms. The van der Waals surface area contributed by atoms with Crippen molar-refractivity contribution in [1.82, 2.24) is 10.4 Å². The summed E-state index contributed by atoms with van der Waals surface area (Å²) in [6.45, 7) is 4.86. The molecule has 0 unspecified atom stereocenters. The number of anilines is 1. The van der Waals surface area contributed by atoms with E-state index in [1.807, 2.05) is 31.2 Å². The van der Waals surface area contributed by atoms with E-state index in [-0.39, 0.29) is 0 Å². The van der Waals surface area contributed by atoms with E-state index in [9.17, 15) is 0 Å². The second-order valence-electron chi connectivity index (χ2n) is 4.68. The van der Waals surface area contributed by atoms with Crippen molar-refractivity contribution in [3.8, 4) is 0 Å². The van der Waals surface area contributed by atoms with Crippen molar-refractivity contribution in [3.63, 3.8) is 0 Å². The first-order valence-corrected chi connectivity index (χ1v) is 6.89. The van der Waals surface area contributed by atoms with Gasteiger partial charge < -0.3 is 5.32 Å². The van der Waals surface area contributed by atoms with Gasteiger partial charge in [0, 0.05) is 17.6 Å². The third kappa shape index (κ3) is 3.45. The largest absolute Gasteiger partial charge is 0.323 e. The quantitative estimate of drug-likeness (QED) is 0.263. The van der Waals surface area contributed by atoms with E-state index in [1.54, 1.807) is 0 Å². The number of benzene rings is 1. The van der Waals surface area contributed by atoms with Crippen LogP contribution in [-0.2, 0) is 0 Å². The molecule has 0 aliphatic heterocycles. The lowest BCUT2D eigenvalue weighted by Crippen LogP contribution is -2.36. The lowest BCUT2D eigenvalue weighted by Gasteiger charge is -2.11. The molecule has 4 N–H and O–H groups in total. The van der Waals surface area contributed by atoms with Crippen LogP contribution in [0.2, 0.25) is 0 Å². The molecule has 0 saturated carbocycles. The predicted octanol–water partition coefficient (Wildman–Crippen LogP) is 2.57. The van der Waals surface area contributed by atoms with Gasteiger partial charge in [-0.3, -0.25) is 15.4 Å². The van der Waals surface area contributed by atoms with Gasteiger partial charge in [0.25, 0.3) is 0 Å². The number of rotatable bonds is 4. The van der Waals surface area contributed by atoms with Crippen molar-refractivity contribution < 1.29 is 0 Å². The van der Waals surface area contributed by atoms with E-state index in [2.05, 4.69) is 33.7 Å². The fourth-order valence-corrected chi connectivity index (χ4v) is 1.94. The molecule has 0 spiro atoms. The smallest absolute Gasteiger partial charge is 0.210 e. The molecular weight excluding hydrogens is 250 g/mol. The van der Waals surface area contributed by atoms with Crippen LogP contribution in [0.4, 0.5) is 5.69 Å². The molecule has 1 aromatic carbocycles. The molecule has 1 aromatic heterocycles. The minimum Gasteiger partial charge on any atom is -0.323 e. The zero-order valence-electron chi connectivity index (χ0n) is 12.0. The summed E-state index contributed by atoms with van der Waals surface area (Å²) in [5.74, 6) is 6.08. The maximum Gasteiger partial charge on any atom is 0.210 e. The number of aryl methyl sites for hydroxylation is 1. The first-order chi connectivity index (χ1) is 9.74. The number of guanidine groups is 1. The number of aromatic nitrogens is 1. The highest BCUT2D eigenvalue weighted by Crippen LogP contribution is 2.21. The van der Waals surface area contributed by atoms with Crippen LogP contribution in [0.15, 0.2) is 35.3 Å². The van der Waals surface area contributed by atoms with Crippen LogP contribution in [0.3, 0.4) is 0 Å². The average molecular weight is 271 g/mol. The molecule has 5 heteroatoms. The number of pyridine rings is 1. The van der Waals surface area contributed by atoms with Crippen LogP contribution >= 0.6 is 0 Å². The summed E-state index contributed by atoms with van der Waals surface area (Å²) in [7, 11) is 0. The Morgan fingerprint density at radius 3 is 2.90 bits per heavy atom. The SMILES string of the molecule is CCCCN=C(NN)Nc1cccc2ccc(C)nc12. The highest BCUT2D eigenvalue weighted by Gasteiger charge is 2.04. The summed E-state index contributed by atoms with van der Waals surface area (Å²) in [5.41, 5.74) is 5.41. The molecule has 0 amide bonds. The number of hydrogen-bond donors (Lipinski definition) is 3. The summed E-state index contributed by atoms with van der Waals surface area (Å²) in [5, 5.41) is 4.30. The number of nitrogens with two attached hydrogens (primary N) is 1. The lowest BCUT2D eigenvalue weighted by atomic mass is 10.2. The summed E-state index contributed by atoms with van der Waals surface area (Å²) in [6.07, 6.45) is 2.15. The molecule has 5 nitrogen and oxygen atoms in total. The van der Waals surface area contributed by atoms with Gasteiger partial charge in [0.2, 0.25) is 5.96 Å². The number of nitrogens with zero attached hydrogens (tertiary/aromatic N) is 2. The lowest BCUT2D eigenvalue weighted by molar-refractivity contribution is 0.801. The second kappa shape index (κ2) is 6.86. The number of nitrogens with one attached hydrogen (secondary N) is 2. The van der Waals surface area contributed by atoms with Crippen molar-refractivity contribution in [2.24, 2.45) is 10.8 Å². The first-order valence-electron chi connectivity index (χ1n) is 6.89. The van der Waals surface area contributed by atoms with E-state index in [0.29, 0.717) is 5.96 Å². The predicted molar refractivity (Wildman–Crippen MR) is 84.6 cm³/mol. The van der Waals surface area contributed by atoms with Gasteiger partial charge in [-0.2, -0.15) is 0 Å². The first kappa shape index (κ1) is 14.3. The van der Waals surface area contributed by atoms with Crippen LogP contribution in [0, 0.1) is 6.92 Å². The second-order valence-corrected chi connectivity index (χ2v) is 4.68. The molecule has 1 heterocycles. The molecule has 0 aliphatic carbocycles. The van der Waals surface area contributed by atoms with Gasteiger partial charge >= 0.3 is 0 Å². The molecule has 106 valence electrons. The molecule has 0 radical (unpaired) electrons. The van der Waals surface area contributed by atoms with E-state index in [4.69, 9.17) is 5.84 Å². The Hall–Kier alpha value is -2.14. The fraction of sp³-hybridized carbons (Fsp3) is 0.333. The molecule has 0 fully saturated rings. The Kier molecular flexibility index (Phi) is 4.90. The van der Waals surface area contributed by atoms with Gasteiger partial charge in [-0.15, -0.1) is 0 Å². The van der Waals surface area contributed by atoms with Crippen LogP contribution in [0.5, 0.6) is 0 Å². The fourth-order valence-electron chi connectivity index (χ4n) is 1.94. The van der Waals surface area contributed by atoms with E-state index >= 15 is 0 Å². The average Bonchev–Trinajstić information content (AvgIpc) is 2.47. The van der Waals surface area contributed by atoms with E-state index in [1.165, 1.54) is 0 Å². The standard InChI is InChI=1S/C15H21N5/c1-3-4-10-17-15(20-16)19-13-7-5-6-12-9-8-11(2)18-14(12)13/h5-9H,3-4,10,16H2,1-2H3,(H2,17,19,20). The summed E-state index contributed by atoms with van der Waals surface area (Å²) in [4.78, 5) is 8.97. The maximum atomic E-state index is 5.51. The van der Waals surface area contributed by atoms with Gasteiger partial charge in [0.15, 0.2) is 0 Å². The summed E-state index contributed by atoms with van der Waals surface area (Å²) < 4.78 is 0. The van der Waals surface area contributed by atoms with Crippen molar-refractivity contribution in [2.45, 2.75) is 26.7 Å². The number of para-hydroxylation sites is 1. The molecule has 2 rings (SSSR count). The van der Waals surface area contributed by atoms with Gasteiger partial charge in [-0.25, -0.2) is 5.84 Å². The number of hydrogen-bond acceptors (Lipinski definition) is 3. The Morgan fingerprint density at radius 1 is 1.30 bits per heavy atom. The third-order valence-corrected chi connectivity index (χ3v) is 3.03. The van der Waals surface area contributed by atoms with Crippen LogP contribution in [-0.4, -0.2) is 17.5 Å². The summed E-state index contributed by atoms with van der Waals surface area (Å²) in [6, 6.07) is 10.1. The Morgan fingerprint density at radius 2 is 2.15 bits per heavy atom. The van der Waals surface area contributed by atoms with E-state index in [0.717, 1.165) is 41.7 Å². The van der Waals surface area contributed by atoms with Gasteiger partial charge in [0.05, 0.1) is 11.2 Å². The maximum absolute atomic E-state index is 5.51. The number of fused-ring (bicyclic) bond motifs is 1. The van der Waals surface area contributed by atoms with Crippen molar-refractivity contribution in [2.75, 3.05) is 11.9 Å². The van der Waals surface area contributed by atoms with Crippen LogP contribution in [0.1, 0.15) is 25.5 Å². The third-order valence-electron chi connectivity index (χ3n) is 3.03. The number of hydrazine groups is 1. The normalized spacial score (nSPS) is 11.7. The Labute approximate surface area is 119 Å². The van der Waals surface area contributed by atoms with Gasteiger partial charge in [-0.05, 0) is 25.5 Å². The molecule has 2 aromatic rings. The van der Waals surface area contributed by atoms with Crippen LogP contribution < -0.4 is 16.6 Å². The Balaban J connectivity index is 2.28. The van der Waals surface area contributed by atoms with Gasteiger partial charge in [0.1, 0.15) is 0 Å². The minimum absolute atomic E-state index is 0.564. The highest BCUT2D eigenvalue weighted by atomic mass is 15.3. The zero-order chi connectivity index (χ0) is 14.4. The molecule has 0 saturated heterocycles. The molecule has 20 heavy (non-hydrogen) atoms.